The van der Waals surface area contributed by atoms with Gasteiger partial charge in [-0.25, -0.2) is 0 Å². The van der Waals surface area contributed by atoms with Crippen molar-refractivity contribution in [2.24, 2.45) is 0 Å². The molecule has 1 saturated carbocycles. The van der Waals surface area contributed by atoms with Crippen molar-refractivity contribution < 1.29 is 4.43 Å². The van der Waals surface area contributed by atoms with Crippen molar-refractivity contribution in [3.8, 4) is 0 Å². The standard InChI is InChI=1S/C11H25NOSi/c1-11(2,3)14(6,7)13-10-8-9(10)12(4)5/h9-10H,8H2,1-7H3. The van der Waals surface area contributed by atoms with Gasteiger partial charge in [0.05, 0.1) is 6.10 Å². The Morgan fingerprint density at radius 2 is 1.71 bits per heavy atom. The Kier molecular flexibility index (Phi) is 3.15. The Hall–Kier alpha value is 0.137. The summed E-state index contributed by atoms with van der Waals surface area (Å²) >= 11 is 0. The lowest BCUT2D eigenvalue weighted by Gasteiger charge is -2.36. The van der Waals surface area contributed by atoms with Gasteiger partial charge in [-0.2, -0.15) is 0 Å². The van der Waals surface area contributed by atoms with Crippen molar-refractivity contribution in [1.82, 2.24) is 4.90 Å². The molecule has 0 spiro atoms. The van der Waals surface area contributed by atoms with E-state index in [-0.39, 0.29) is 0 Å². The smallest absolute Gasteiger partial charge is 0.192 e. The van der Waals surface area contributed by atoms with E-state index in [0.29, 0.717) is 17.2 Å². The first-order valence-corrected chi connectivity index (χ1v) is 8.40. The van der Waals surface area contributed by atoms with Crippen LogP contribution in [0.2, 0.25) is 18.1 Å². The van der Waals surface area contributed by atoms with Crippen LogP contribution in [0.15, 0.2) is 0 Å². The molecule has 0 bridgehead atoms. The van der Waals surface area contributed by atoms with Gasteiger partial charge in [-0.1, -0.05) is 20.8 Å². The van der Waals surface area contributed by atoms with Crippen LogP contribution in [-0.2, 0) is 4.43 Å². The van der Waals surface area contributed by atoms with Crippen molar-refractivity contribution in [3.63, 3.8) is 0 Å². The van der Waals surface area contributed by atoms with Crippen LogP contribution >= 0.6 is 0 Å². The maximum absolute atomic E-state index is 6.28. The minimum atomic E-state index is -1.52. The second-order valence-corrected chi connectivity index (χ2v) is 10.9. The molecule has 1 fully saturated rings. The molecule has 2 atom stereocenters. The first kappa shape index (κ1) is 12.2. The van der Waals surface area contributed by atoms with E-state index in [0.717, 1.165) is 0 Å². The summed E-state index contributed by atoms with van der Waals surface area (Å²) in [4.78, 5) is 2.28. The highest BCUT2D eigenvalue weighted by molar-refractivity contribution is 6.74. The van der Waals surface area contributed by atoms with E-state index in [1.165, 1.54) is 6.42 Å². The molecule has 0 saturated heterocycles. The molecule has 0 aliphatic heterocycles. The number of hydrogen-bond acceptors (Lipinski definition) is 2. The quantitative estimate of drug-likeness (QED) is 0.671. The topological polar surface area (TPSA) is 12.5 Å². The van der Waals surface area contributed by atoms with Gasteiger partial charge in [0.15, 0.2) is 8.32 Å². The van der Waals surface area contributed by atoms with Crippen molar-refractivity contribution in [3.05, 3.63) is 0 Å². The average molecular weight is 215 g/mol. The van der Waals surface area contributed by atoms with Gasteiger partial charge in [-0.05, 0) is 38.6 Å². The molecule has 2 unspecified atom stereocenters. The molecule has 2 nitrogen and oxygen atoms in total. The molecule has 84 valence electrons. The van der Waals surface area contributed by atoms with Gasteiger partial charge in [0.25, 0.3) is 0 Å². The summed E-state index contributed by atoms with van der Waals surface area (Å²) in [6.07, 6.45) is 1.73. The molecular formula is C11H25NOSi. The monoisotopic (exact) mass is 215 g/mol. The number of nitrogens with zero attached hydrogens (tertiary/aromatic N) is 1. The second-order valence-electron chi connectivity index (χ2n) is 6.18. The Morgan fingerprint density at radius 1 is 1.21 bits per heavy atom. The van der Waals surface area contributed by atoms with E-state index in [2.05, 4.69) is 52.9 Å². The van der Waals surface area contributed by atoms with E-state index in [1.807, 2.05) is 0 Å². The van der Waals surface area contributed by atoms with Crippen LogP contribution in [-0.4, -0.2) is 39.5 Å². The summed E-state index contributed by atoms with van der Waals surface area (Å²) in [5.41, 5.74) is 0. The molecule has 0 aromatic rings. The molecule has 0 radical (unpaired) electrons. The average Bonchev–Trinajstić information content (AvgIpc) is 2.63. The third-order valence-corrected chi connectivity index (χ3v) is 8.12. The zero-order valence-electron chi connectivity index (χ0n) is 10.7. The van der Waals surface area contributed by atoms with E-state index in [9.17, 15) is 0 Å². The molecule has 0 aromatic heterocycles. The maximum atomic E-state index is 6.28. The van der Waals surface area contributed by atoms with Crippen molar-refractivity contribution in [2.75, 3.05) is 14.1 Å². The van der Waals surface area contributed by atoms with Gasteiger partial charge in [0.1, 0.15) is 0 Å². The Morgan fingerprint density at radius 3 is 2.00 bits per heavy atom. The lowest BCUT2D eigenvalue weighted by molar-refractivity contribution is 0.232. The summed E-state index contributed by atoms with van der Waals surface area (Å²) in [7, 11) is 2.76. The van der Waals surface area contributed by atoms with Crippen LogP contribution in [0.1, 0.15) is 27.2 Å². The lowest BCUT2D eigenvalue weighted by Crippen LogP contribution is -2.42. The van der Waals surface area contributed by atoms with Crippen LogP contribution in [0.4, 0.5) is 0 Å². The number of rotatable bonds is 3. The molecule has 1 rings (SSSR count). The predicted molar refractivity (Wildman–Crippen MR) is 64.2 cm³/mol. The van der Waals surface area contributed by atoms with E-state index in [1.54, 1.807) is 0 Å². The van der Waals surface area contributed by atoms with Crippen LogP contribution in [0.5, 0.6) is 0 Å². The Balaban J connectivity index is 2.47. The second kappa shape index (κ2) is 3.61. The van der Waals surface area contributed by atoms with Gasteiger partial charge in [-0.15, -0.1) is 0 Å². The molecule has 0 amide bonds. The van der Waals surface area contributed by atoms with Crippen molar-refractivity contribution in [2.45, 2.75) is 57.5 Å². The molecule has 0 N–H and O–H groups in total. The zero-order valence-corrected chi connectivity index (χ0v) is 11.7. The first-order valence-electron chi connectivity index (χ1n) is 5.49. The fourth-order valence-corrected chi connectivity index (χ4v) is 2.75. The highest BCUT2D eigenvalue weighted by atomic mass is 28.4. The SMILES string of the molecule is CN(C)C1CC1O[Si](C)(C)C(C)(C)C. The van der Waals surface area contributed by atoms with E-state index < -0.39 is 8.32 Å². The summed E-state index contributed by atoms with van der Waals surface area (Å²) in [6, 6.07) is 0.670. The molecule has 0 heterocycles. The zero-order chi connectivity index (χ0) is 11.1. The fraction of sp³-hybridized carbons (Fsp3) is 1.00. The summed E-state index contributed by atoms with van der Waals surface area (Å²) in [6.45, 7) is 11.6. The molecule has 1 aliphatic carbocycles. The maximum Gasteiger partial charge on any atom is 0.192 e. The van der Waals surface area contributed by atoms with Crippen LogP contribution in [0.25, 0.3) is 0 Å². The first-order chi connectivity index (χ1) is 6.15. The van der Waals surface area contributed by atoms with Gasteiger partial charge in [0.2, 0.25) is 0 Å². The summed E-state index contributed by atoms with van der Waals surface area (Å²) in [5, 5.41) is 0.340. The van der Waals surface area contributed by atoms with Gasteiger partial charge in [0, 0.05) is 6.04 Å². The fourth-order valence-electron chi connectivity index (χ4n) is 1.38. The largest absolute Gasteiger partial charge is 0.412 e. The van der Waals surface area contributed by atoms with Crippen LogP contribution in [0.3, 0.4) is 0 Å². The molecule has 3 heteroatoms. The lowest BCUT2D eigenvalue weighted by atomic mass is 10.2. The predicted octanol–water partition coefficient (Wildman–Crippen LogP) is 2.71. The van der Waals surface area contributed by atoms with E-state index in [4.69, 9.17) is 4.43 Å². The number of hydrogen-bond donors (Lipinski definition) is 0. The summed E-state index contributed by atoms with van der Waals surface area (Å²) < 4.78 is 6.28. The minimum absolute atomic E-state index is 0.340. The highest BCUT2D eigenvalue weighted by Gasteiger charge is 2.47. The molecule has 14 heavy (non-hydrogen) atoms. The third-order valence-electron chi connectivity index (χ3n) is 3.62. The molecular weight excluding hydrogens is 190 g/mol. The summed E-state index contributed by atoms with van der Waals surface area (Å²) in [5.74, 6) is 0. The van der Waals surface area contributed by atoms with Gasteiger partial charge in [-0.3, -0.25) is 0 Å². The van der Waals surface area contributed by atoms with Gasteiger partial charge < -0.3 is 9.33 Å². The third kappa shape index (κ3) is 2.58. The van der Waals surface area contributed by atoms with E-state index >= 15 is 0 Å². The van der Waals surface area contributed by atoms with Gasteiger partial charge >= 0.3 is 0 Å². The molecule has 1 aliphatic rings. The Labute approximate surface area is 89.8 Å². The Bertz CT molecular complexity index is 208. The van der Waals surface area contributed by atoms with Crippen LogP contribution < -0.4 is 0 Å². The van der Waals surface area contributed by atoms with Crippen molar-refractivity contribution in [1.29, 1.82) is 0 Å². The normalized spacial score (nSPS) is 28.3. The molecule has 0 aromatic carbocycles. The van der Waals surface area contributed by atoms with Crippen molar-refractivity contribution >= 4 is 8.32 Å². The number of likely N-dealkylation sites (N-methyl/N-ethyl adjacent to an activating group) is 1. The highest BCUT2D eigenvalue weighted by Crippen LogP contribution is 2.42. The van der Waals surface area contributed by atoms with Crippen LogP contribution in [0, 0.1) is 0 Å². The minimum Gasteiger partial charge on any atom is -0.412 e.